The third-order valence-corrected chi connectivity index (χ3v) is 0. The maximum atomic E-state index is 8.55. The van der Waals surface area contributed by atoms with Crippen molar-refractivity contribution < 1.29 is 38.7 Å². The van der Waals surface area contributed by atoms with Gasteiger partial charge in [0.05, 0.1) is 0 Å². The molecule has 32 valence electrons. The summed E-state index contributed by atoms with van der Waals surface area (Å²) in [5.41, 5.74) is 0. The van der Waals surface area contributed by atoms with Crippen molar-refractivity contribution >= 4 is 7.82 Å². The summed E-state index contributed by atoms with van der Waals surface area (Å²) in [6.07, 6.45) is 0. The molecule has 0 aliphatic heterocycles. The largest absolute Gasteiger partial charge is 2.00 e. The Bertz CT molecular complexity index is 53.7. The summed E-state index contributed by atoms with van der Waals surface area (Å²) in [6.45, 7) is 0. The van der Waals surface area contributed by atoms with Crippen LogP contribution in [0.3, 0.4) is 0 Å². The van der Waals surface area contributed by atoms with Crippen LogP contribution in [-0.4, -0.2) is 0 Å². The summed E-state index contributed by atoms with van der Waals surface area (Å²) in [7, 11) is -5.39. The van der Waals surface area contributed by atoms with E-state index in [4.69, 9.17) is 19.2 Å². The van der Waals surface area contributed by atoms with Gasteiger partial charge in [-0.05, 0) is 0 Å². The van der Waals surface area contributed by atoms with E-state index >= 15 is 0 Å². The van der Waals surface area contributed by atoms with Crippen molar-refractivity contribution in [2.45, 2.75) is 0 Å². The van der Waals surface area contributed by atoms with Gasteiger partial charge in [0.15, 0.2) is 0 Å². The van der Waals surface area contributed by atoms with Gasteiger partial charge in [0.1, 0.15) is 0 Å². The average molecular weight is 160 g/mol. The zero-order chi connectivity index (χ0) is 4.50. The molecule has 0 saturated carbocycles. The molecular formula is O4PZn-. The molecule has 0 bridgehead atoms. The predicted octanol–water partition coefficient (Wildman–Crippen LogP) is -2.83. The molecule has 0 rings (SSSR count). The number of rotatable bonds is 0. The molecule has 0 aliphatic carbocycles. The minimum absolute atomic E-state index is 0. The molecule has 0 spiro atoms. The van der Waals surface area contributed by atoms with Crippen LogP contribution in [0.4, 0.5) is 0 Å². The Kier molecular flexibility index (Phi) is 4.66. The van der Waals surface area contributed by atoms with E-state index in [0.717, 1.165) is 0 Å². The van der Waals surface area contributed by atoms with Crippen molar-refractivity contribution in [2.24, 2.45) is 0 Å². The van der Waals surface area contributed by atoms with E-state index in [9.17, 15) is 0 Å². The molecule has 0 aliphatic rings. The van der Waals surface area contributed by atoms with E-state index < -0.39 is 7.82 Å². The first-order chi connectivity index (χ1) is 2.00. The third-order valence-electron chi connectivity index (χ3n) is 0. The second-order valence-electron chi connectivity index (χ2n) is 0.447. The Hall–Kier alpha value is 0.733. The van der Waals surface area contributed by atoms with Crippen molar-refractivity contribution in [1.82, 2.24) is 0 Å². The molecule has 0 aromatic rings. The first-order valence-electron chi connectivity index (χ1n) is 0.730. The zero-order valence-corrected chi connectivity index (χ0v) is 6.65. The van der Waals surface area contributed by atoms with Crippen LogP contribution in [0.5, 0.6) is 0 Å². The molecule has 0 aromatic carbocycles. The van der Waals surface area contributed by atoms with E-state index in [0.29, 0.717) is 0 Å². The fraction of sp³-hybridized carbons (Fsp3) is 0. The molecule has 6 heavy (non-hydrogen) atoms. The molecule has 0 radical (unpaired) electrons. The summed E-state index contributed by atoms with van der Waals surface area (Å²) in [5, 5.41) is 0. The van der Waals surface area contributed by atoms with Crippen LogP contribution in [0.2, 0.25) is 0 Å². The van der Waals surface area contributed by atoms with E-state index in [1.165, 1.54) is 0 Å². The standard InChI is InChI=1S/H3O4P.Zn/c1-5(2,3)4;/h(H3,1,2,3,4);/q;+2/p-3. The van der Waals surface area contributed by atoms with Gasteiger partial charge in [-0.1, -0.05) is 0 Å². The molecule has 0 saturated heterocycles. The number of hydrogen-bond acceptors (Lipinski definition) is 4. The zero-order valence-electron chi connectivity index (χ0n) is 2.79. The van der Waals surface area contributed by atoms with Crippen molar-refractivity contribution in [2.75, 3.05) is 0 Å². The first kappa shape index (κ1) is 9.88. The van der Waals surface area contributed by atoms with Crippen LogP contribution < -0.4 is 14.7 Å². The smallest absolute Gasteiger partial charge is 0.822 e. The molecule has 0 amide bonds. The topological polar surface area (TPSA) is 86.2 Å². The van der Waals surface area contributed by atoms with Gasteiger partial charge in [0.2, 0.25) is 0 Å². The maximum Gasteiger partial charge on any atom is 2.00 e. The van der Waals surface area contributed by atoms with Gasteiger partial charge < -0.3 is 19.2 Å². The van der Waals surface area contributed by atoms with Crippen LogP contribution in [0.25, 0.3) is 0 Å². The summed E-state index contributed by atoms with van der Waals surface area (Å²) < 4.78 is 8.55. The summed E-state index contributed by atoms with van der Waals surface area (Å²) in [4.78, 5) is 25.6. The van der Waals surface area contributed by atoms with E-state index in [2.05, 4.69) is 0 Å². The average Bonchev–Trinajstić information content (AvgIpc) is 0.722. The van der Waals surface area contributed by atoms with Crippen LogP contribution in [0, 0.1) is 0 Å². The second-order valence-corrected chi connectivity index (χ2v) is 1.34. The van der Waals surface area contributed by atoms with Crippen molar-refractivity contribution in [3.8, 4) is 0 Å². The van der Waals surface area contributed by atoms with Crippen LogP contribution in [0.15, 0.2) is 0 Å². The Morgan fingerprint density at radius 2 is 1.17 bits per heavy atom. The van der Waals surface area contributed by atoms with Gasteiger partial charge in [-0.2, -0.15) is 7.82 Å². The van der Waals surface area contributed by atoms with Crippen LogP contribution in [-0.2, 0) is 24.0 Å². The number of hydrogen-bond donors (Lipinski definition) is 0. The first-order valence-corrected chi connectivity index (χ1v) is 2.19. The molecule has 0 fully saturated rings. The maximum absolute atomic E-state index is 8.55. The third kappa shape index (κ3) is 123. The minimum atomic E-state index is -5.39. The van der Waals surface area contributed by atoms with Gasteiger partial charge in [0, 0.05) is 0 Å². The minimum Gasteiger partial charge on any atom is -0.822 e. The molecule has 0 heterocycles. The molecule has 6 heteroatoms. The molecule has 0 aromatic heterocycles. The van der Waals surface area contributed by atoms with E-state index in [1.807, 2.05) is 0 Å². The molecule has 0 N–H and O–H groups in total. The summed E-state index contributed by atoms with van der Waals surface area (Å²) >= 11 is 0. The SMILES string of the molecule is O=P([O-])([O-])[O-].[Zn+2]. The second kappa shape index (κ2) is 2.83. The fourth-order valence-electron chi connectivity index (χ4n) is 0. The van der Waals surface area contributed by atoms with Gasteiger partial charge in [-0.25, -0.2) is 0 Å². The Morgan fingerprint density at radius 1 is 1.17 bits per heavy atom. The Morgan fingerprint density at radius 3 is 1.17 bits per heavy atom. The molecule has 0 unspecified atom stereocenters. The van der Waals surface area contributed by atoms with Gasteiger partial charge in [-0.15, -0.1) is 0 Å². The Labute approximate surface area is 47.2 Å². The predicted molar refractivity (Wildman–Crippen MR) is 7.61 cm³/mol. The fourth-order valence-corrected chi connectivity index (χ4v) is 0. The quantitative estimate of drug-likeness (QED) is 0.282. The van der Waals surface area contributed by atoms with E-state index in [1.54, 1.807) is 0 Å². The molecule has 4 nitrogen and oxygen atoms in total. The normalized spacial score (nSPS) is 9.83. The monoisotopic (exact) mass is 159 g/mol. The van der Waals surface area contributed by atoms with Crippen molar-refractivity contribution in [3.63, 3.8) is 0 Å². The summed E-state index contributed by atoms with van der Waals surface area (Å²) in [5.74, 6) is 0. The number of phosphoric acid groups is 1. The molecule has 0 atom stereocenters. The van der Waals surface area contributed by atoms with Crippen molar-refractivity contribution in [3.05, 3.63) is 0 Å². The van der Waals surface area contributed by atoms with Crippen molar-refractivity contribution in [1.29, 1.82) is 0 Å². The molecular weight excluding hydrogens is 160 g/mol. The Balaban J connectivity index is 0. The van der Waals surface area contributed by atoms with Crippen LogP contribution in [0.1, 0.15) is 0 Å². The van der Waals surface area contributed by atoms with Gasteiger partial charge >= 0.3 is 19.5 Å². The van der Waals surface area contributed by atoms with Crippen LogP contribution >= 0.6 is 7.82 Å². The summed E-state index contributed by atoms with van der Waals surface area (Å²) in [6, 6.07) is 0. The van der Waals surface area contributed by atoms with Gasteiger partial charge in [0.25, 0.3) is 0 Å². The van der Waals surface area contributed by atoms with E-state index in [-0.39, 0.29) is 19.5 Å². The van der Waals surface area contributed by atoms with Gasteiger partial charge in [-0.3, -0.25) is 0 Å².